The molecule has 1 aromatic carbocycles. The van der Waals surface area contributed by atoms with Gasteiger partial charge in [-0.2, -0.15) is 5.26 Å². The smallest absolute Gasteiger partial charge is 0.225 e. The second-order valence-electron chi connectivity index (χ2n) is 11.1. The predicted octanol–water partition coefficient (Wildman–Crippen LogP) is 6.59. The molecular formula is C30H34F2N6OS. The normalized spacial score (nSPS) is 18.1. The van der Waals surface area contributed by atoms with Gasteiger partial charge in [0.1, 0.15) is 11.6 Å². The van der Waals surface area contributed by atoms with Crippen molar-refractivity contribution < 1.29 is 13.5 Å². The number of nitrogens with zero attached hydrogens (tertiary/aromatic N) is 5. The number of benzene rings is 1. The Morgan fingerprint density at radius 2 is 1.98 bits per heavy atom. The van der Waals surface area contributed by atoms with Crippen LogP contribution in [0.5, 0.6) is 0 Å². The second kappa shape index (κ2) is 11.7. The van der Waals surface area contributed by atoms with Crippen molar-refractivity contribution in [3.05, 3.63) is 46.4 Å². The number of ether oxygens (including phenoxy) is 1. The van der Waals surface area contributed by atoms with Crippen LogP contribution in [-0.2, 0) is 18.0 Å². The van der Waals surface area contributed by atoms with Gasteiger partial charge in [-0.25, -0.2) is 18.7 Å². The number of hydrogen-bond acceptors (Lipinski definition) is 8. The maximum atomic E-state index is 16.3. The molecule has 0 aliphatic carbocycles. The fraction of sp³-hybridized carbons (Fsp3) is 0.467. The van der Waals surface area contributed by atoms with Crippen molar-refractivity contribution in [1.82, 2.24) is 15.0 Å². The van der Waals surface area contributed by atoms with Gasteiger partial charge in [-0.3, -0.25) is 4.98 Å². The summed E-state index contributed by atoms with van der Waals surface area (Å²) in [5, 5.41) is 10.4. The molecule has 1 fully saturated rings. The molecule has 210 valence electrons. The van der Waals surface area contributed by atoms with Crippen molar-refractivity contribution in [2.75, 3.05) is 23.7 Å². The van der Waals surface area contributed by atoms with Crippen LogP contribution in [0.3, 0.4) is 0 Å². The minimum atomic E-state index is -0.581. The lowest BCUT2D eigenvalue weighted by atomic mass is 9.91. The van der Waals surface area contributed by atoms with Gasteiger partial charge in [0.05, 0.1) is 35.6 Å². The summed E-state index contributed by atoms with van der Waals surface area (Å²) in [5.74, 6) is 1.03. The number of hydrogen-bond donors (Lipinski definition) is 1. The predicted molar refractivity (Wildman–Crippen MR) is 154 cm³/mol. The third-order valence-electron chi connectivity index (χ3n) is 7.54. The quantitative estimate of drug-likeness (QED) is 0.379. The molecule has 7 nitrogen and oxygen atoms in total. The van der Waals surface area contributed by atoms with Crippen LogP contribution < -0.4 is 10.6 Å². The van der Waals surface area contributed by atoms with E-state index in [1.165, 1.54) is 24.6 Å². The summed E-state index contributed by atoms with van der Waals surface area (Å²) in [4.78, 5) is 15.7. The van der Waals surface area contributed by atoms with E-state index in [0.717, 1.165) is 37.2 Å². The first-order valence-corrected chi connectivity index (χ1v) is 14.8. The van der Waals surface area contributed by atoms with Crippen molar-refractivity contribution in [3.8, 4) is 17.3 Å². The molecule has 2 N–H and O–H groups in total. The zero-order valence-electron chi connectivity index (χ0n) is 23.4. The Morgan fingerprint density at radius 3 is 2.62 bits per heavy atom. The number of pyridine rings is 1. The number of thioether (sulfide) groups is 1. The lowest BCUT2D eigenvalue weighted by Gasteiger charge is -2.22. The van der Waals surface area contributed by atoms with Crippen LogP contribution in [0.15, 0.2) is 23.0 Å². The number of aromatic nitrogens is 3. The molecule has 1 unspecified atom stereocenters. The van der Waals surface area contributed by atoms with Gasteiger partial charge in [0.2, 0.25) is 5.95 Å². The molecule has 40 heavy (non-hydrogen) atoms. The largest absolute Gasteiger partial charge is 0.400 e. The second-order valence-corrected chi connectivity index (χ2v) is 12.0. The lowest BCUT2D eigenvalue weighted by molar-refractivity contribution is 0.135. The standard InChI is InChI=1S/C24H20F2N6OS.C6H14/c1-11-2-3-32(7-11)24-30-5-13-14-8-33-9-15(14)18(20(26)21(13)31-24)22-19-12(4-27)17(28)10-34-23(19)16(25)6-29-22;1-4-5-6(2)3/h5-6,11H,2-3,7-10,28H2,1H3;6H,4-5H2,1-3H3. The van der Waals surface area contributed by atoms with Gasteiger partial charge in [0.15, 0.2) is 11.6 Å². The summed E-state index contributed by atoms with van der Waals surface area (Å²) in [7, 11) is 0. The average molecular weight is 565 g/mol. The molecule has 1 saturated heterocycles. The number of nitrogens with two attached hydrogens (primary N) is 1. The highest BCUT2D eigenvalue weighted by atomic mass is 32.2. The highest BCUT2D eigenvalue weighted by Crippen LogP contribution is 2.46. The Labute approximate surface area is 237 Å². The summed E-state index contributed by atoms with van der Waals surface area (Å²) >= 11 is 1.18. The molecule has 3 aliphatic heterocycles. The summed E-state index contributed by atoms with van der Waals surface area (Å²) < 4.78 is 36.7. The number of rotatable bonds is 4. The molecule has 1 atom stereocenters. The maximum absolute atomic E-state index is 16.3. The Hall–Kier alpha value is -3.29. The van der Waals surface area contributed by atoms with Crippen LogP contribution in [0.1, 0.15) is 63.6 Å². The highest BCUT2D eigenvalue weighted by Gasteiger charge is 2.33. The van der Waals surface area contributed by atoms with E-state index in [1.54, 1.807) is 6.20 Å². The van der Waals surface area contributed by atoms with Gasteiger partial charge in [0, 0.05) is 47.2 Å². The van der Waals surface area contributed by atoms with Crippen molar-refractivity contribution in [1.29, 1.82) is 5.26 Å². The molecule has 6 rings (SSSR count). The van der Waals surface area contributed by atoms with Gasteiger partial charge in [-0.05, 0) is 29.4 Å². The molecule has 3 aliphatic rings. The van der Waals surface area contributed by atoms with Gasteiger partial charge in [-0.15, -0.1) is 11.8 Å². The Balaban J connectivity index is 0.000000487. The lowest BCUT2D eigenvalue weighted by Crippen LogP contribution is -2.21. The van der Waals surface area contributed by atoms with Gasteiger partial charge < -0.3 is 15.4 Å². The van der Waals surface area contributed by atoms with Crippen LogP contribution in [0.2, 0.25) is 0 Å². The molecule has 0 spiro atoms. The highest BCUT2D eigenvalue weighted by molar-refractivity contribution is 7.99. The maximum Gasteiger partial charge on any atom is 0.225 e. The van der Waals surface area contributed by atoms with E-state index in [0.29, 0.717) is 28.5 Å². The molecule has 0 saturated carbocycles. The van der Waals surface area contributed by atoms with Crippen molar-refractivity contribution in [2.45, 2.75) is 65.1 Å². The number of fused-ring (bicyclic) bond motifs is 4. The monoisotopic (exact) mass is 564 g/mol. The zero-order chi connectivity index (χ0) is 28.6. The summed E-state index contributed by atoms with van der Waals surface area (Å²) in [5.41, 5.74) is 8.68. The van der Waals surface area contributed by atoms with E-state index < -0.39 is 11.6 Å². The summed E-state index contributed by atoms with van der Waals surface area (Å²) in [6, 6.07) is 2.07. The third-order valence-corrected chi connectivity index (χ3v) is 8.68. The van der Waals surface area contributed by atoms with Crippen LogP contribution in [0, 0.1) is 34.8 Å². The number of nitriles is 1. The van der Waals surface area contributed by atoms with Crippen LogP contribution in [-0.4, -0.2) is 33.8 Å². The van der Waals surface area contributed by atoms with Crippen LogP contribution in [0.25, 0.3) is 27.7 Å². The first-order valence-electron chi connectivity index (χ1n) is 13.8. The molecular weight excluding hydrogens is 530 g/mol. The number of halogens is 2. The van der Waals surface area contributed by atoms with E-state index in [-0.39, 0.29) is 51.8 Å². The van der Waals surface area contributed by atoms with Crippen LogP contribution in [0.4, 0.5) is 14.7 Å². The first kappa shape index (κ1) is 28.2. The minimum absolute atomic E-state index is 0.123. The summed E-state index contributed by atoms with van der Waals surface area (Å²) in [6.45, 7) is 11.0. The van der Waals surface area contributed by atoms with E-state index in [9.17, 15) is 9.65 Å². The molecule has 0 amide bonds. The fourth-order valence-corrected chi connectivity index (χ4v) is 6.52. The molecule has 0 bridgehead atoms. The van der Waals surface area contributed by atoms with Crippen LogP contribution >= 0.6 is 11.8 Å². The zero-order valence-corrected chi connectivity index (χ0v) is 24.2. The average Bonchev–Trinajstić information content (AvgIpc) is 3.59. The third kappa shape index (κ3) is 5.13. The SMILES string of the molecule is CC1CCN(c2ncc3c4c(c(-c5ncc(F)c6c5C(C#N)=C(N)CS6)c(F)c3n2)COC4)C1.CCCC(C)C. The summed E-state index contributed by atoms with van der Waals surface area (Å²) in [6.07, 6.45) is 6.46. The molecule has 10 heteroatoms. The van der Waals surface area contributed by atoms with E-state index >= 15 is 4.39 Å². The molecule has 2 aromatic heterocycles. The van der Waals surface area contributed by atoms with E-state index in [4.69, 9.17) is 10.5 Å². The van der Waals surface area contributed by atoms with E-state index in [1.807, 2.05) is 0 Å². The Bertz CT molecular complexity index is 1530. The van der Waals surface area contributed by atoms with Gasteiger partial charge in [-0.1, -0.05) is 40.5 Å². The van der Waals surface area contributed by atoms with Crippen molar-refractivity contribution in [3.63, 3.8) is 0 Å². The number of anilines is 1. The van der Waals surface area contributed by atoms with Crippen molar-refractivity contribution in [2.24, 2.45) is 17.6 Å². The van der Waals surface area contributed by atoms with Gasteiger partial charge >= 0.3 is 0 Å². The fourth-order valence-electron chi connectivity index (χ4n) is 5.54. The molecule has 3 aromatic rings. The Kier molecular flexibility index (Phi) is 8.24. The first-order chi connectivity index (χ1) is 19.2. The molecule has 5 heterocycles. The van der Waals surface area contributed by atoms with Gasteiger partial charge in [0.25, 0.3) is 0 Å². The Morgan fingerprint density at radius 1 is 1.20 bits per heavy atom. The van der Waals surface area contributed by atoms with Crippen molar-refractivity contribution >= 4 is 34.2 Å². The van der Waals surface area contributed by atoms with E-state index in [2.05, 4.69) is 53.6 Å². The number of allylic oxidation sites excluding steroid dienone is 1. The minimum Gasteiger partial charge on any atom is -0.400 e. The molecule has 0 radical (unpaired) electrons. The topological polar surface area (TPSA) is 101 Å².